The lowest BCUT2D eigenvalue weighted by atomic mass is 10.0. The Morgan fingerprint density at radius 1 is 1.00 bits per heavy atom. The molecule has 1 aromatic carbocycles. The molecular weight excluding hydrogens is 480 g/mol. The Balaban J connectivity index is 1.06. The molecule has 2 N–H and O–H groups in total. The molecule has 9 nitrogen and oxygen atoms in total. The minimum absolute atomic E-state index is 0.164. The summed E-state index contributed by atoms with van der Waals surface area (Å²) in [6.07, 6.45) is 12.2. The minimum atomic E-state index is 0.164. The minimum Gasteiger partial charge on any atom is -0.493 e. The standard InChI is InChI=1S/C29H36N6O3/c1-36-27-17-20(6-8-26(27)37-15-5-14-35-12-3-2-4-13-35)33-29-30-11-10-28(34-29)32-21-16-23-24(31-19-21)18-22-7-9-25(23)38-22/h6,8,10-11,16-17,19,22,25H,2-5,7,9,12-15,18H2,1H3,(H2,30,32,33,34). The van der Waals surface area contributed by atoms with Crippen LogP contribution in [0.25, 0.3) is 0 Å². The second-order valence-corrected chi connectivity index (χ2v) is 10.3. The number of ether oxygens (including phenoxy) is 3. The molecule has 0 spiro atoms. The molecule has 2 aromatic heterocycles. The summed E-state index contributed by atoms with van der Waals surface area (Å²) >= 11 is 0. The number of likely N-dealkylation sites (tertiary alicyclic amines) is 1. The zero-order chi connectivity index (χ0) is 25.7. The van der Waals surface area contributed by atoms with E-state index in [0.717, 1.165) is 55.0 Å². The normalized spacial score (nSPS) is 20.6. The van der Waals surface area contributed by atoms with Gasteiger partial charge in [-0.25, -0.2) is 4.98 Å². The number of methoxy groups -OCH3 is 1. The molecule has 3 aliphatic rings. The SMILES string of the molecule is COc1cc(Nc2nccc(Nc3cnc4c(c3)C3CCC(C4)O3)n2)ccc1OCCCN1CCCCC1. The predicted octanol–water partition coefficient (Wildman–Crippen LogP) is 5.40. The van der Waals surface area contributed by atoms with Crippen molar-refractivity contribution in [3.8, 4) is 11.5 Å². The molecule has 0 saturated carbocycles. The van der Waals surface area contributed by atoms with Crippen molar-refractivity contribution < 1.29 is 14.2 Å². The number of fused-ring (bicyclic) bond motifs is 4. The number of aromatic nitrogens is 3. The van der Waals surface area contributed by atoms with Gasteiger partial charge in [-0.15, -0.1) is 0 Å². The first-order chi connectivity index (χ1) is 18.7. The van der Waals surface area contributed by atoms with Gasteiger partial charge >= 0.3 is 0 Å². The fraction of sp³-hybridized carbons (Fsp3) is 0.483. The number of nitrogens with zero attached hydrogens (tertiary/aromatic N) is 4. The third-order valence-corrected chi connectivity index (χ3v) is 7.55. The highest BCUT2D eigenvalue weighted by atomic mass is 16.5. The van der Waals surface area contributed by atoms with Crippen LogP contribution < -0.4 is 20.1 Å². The van der Waals surface area contributed by atoms with Crippen LogP contribution >= 0.6 is 0 Å². The van der Waals surface area contributed by atoms with Crippen LogP contribution in [0, 0.1) is 0 Å². The molecule has 38 heavy (non-hydrogen) atoms. The number of anilines is 4. The van der Waals surface area contributed by atoms with E-state index in [-0.39, 0.29) is 6.10 Å². The third kappa shape index (κ3) is 5.84. The van der Waals surface area contributed by atoms with E-state index in [2.05, 4.69) is 31.6 Å². The van der Waals surface area contributed by atoms with Crippen LogP contribution in [0.4, 0.5) is 23.1 Å². The molecule has 2 unspecified atom stereocenters. The fourth-order valence-electron chi connectivity index (χ4n) is 5.61. The molecule has 2 bridgehead atoms. The number of piperidine rings is 1. The Morgan fingerprint density at radius 3 is 2.82 bits per heavy atom. The summed E-state index contributed by atoms with van der Waals surface area (Å²) in [7, 11) is 1.66. The second-order valence-electron chi connectivity index (χ2n) is 10.3. The number of nitrogens with one attached hydrogen (secondary N) is 2. The molecule has 0 radical (unpaired) electrons. The Bertz CT molecular complexity index is 1250. The Hall–Kier alpha value is -3.43. The van der Waals surface area contributed by atoms with Gasteiger partial charge in [0.2, 0.25) is 5.95 Å². The van der Waals surface area contributed by atoms with Gasteiger partial charge in [0.25, 0.3) is 0 Å². The van der Waals surface area contributed by atoms with E-state index in [1.165, 1.54) is 37.9 Å². The largest absolute Gasteiger partial charge is 0.493 e. The molecule has 0 aliphatic carbocycles. The summed E-state index contributed by atoms with van der Waals surface area (Å²) in [5.74, 6) is 2.59. The lowest BCUT2D eigenvalue weighted by Crippen LogP contribution is -2.31. The summed E-state index contributed by atoms with van der Waals surface area (Å²) in [5.41, 5.74) is 4.06. The molecule has 200 valence electrons. The molecule has 0 amide bonds. The van der Waals surface area contributed by atoms with Gasteiger partial charge in [0.1, 0.15) is 5.82 Å². The van der Waals surface area contributed by atoms with Crippen molar-refractivity contribution in [3.05, 3.63) is 54.0 Å². The van der Waals surface area contributed by atoms with Crippen molar-refractivity contribution >= 4 is 23.1 Å². The highest BCUT2D eigenvalue weighted by Crippen LogP contribution is 2.41. The van der Waals surface area contributed by atoms with Crippen LogP contribution in [0.2, 0.25) is 0 Å². The maximum absolute atomic E-state index is 6.07. The number of hydrogen-bond donors (Lipinski definition) is 2. The lowest BCUT2D eigenvalue weighted by molar-refractivity contribution is 0.0311. The maximum atomic E-state index is 6.07. The molecule has 5 heterocycles. The van der Waals surface area contributed by atoms with E-state index < -0.39 is 0 Å². The Morgan fingerprint density at radius 2 is 1.92 bits per heavy atom. The summed E-state index contributed by atoms with van der Waals surface area (Å²) < 4.78 is 17.7. The zero-order valence-corrected chi connectivity index (χ0v) is 22.0. The van der Waals surface area contributed by atoms with Crippen LogP contribution in [0.1, 0.15) is 55.9 Å². The van der Waals surface area contributed by atoms with E-state index in [0.29, 0.717) is 30.2 Å². The van der Waals surface area contributed by atoms with Crippen molar-refractivity contribution in [1.82, 2.24) is 19.9 Å². The number of benzene rings is 1. The van der Waals surface area contributed by atoms with Crippen LogP contribution in [0.3, 0.4) is 0 Å². The predicted molar refractivity (Wildman–Crippen MR) is 147 cm³/mol. The highest BCUT2D eigenvalue weighted by molar-refractivity contribution is 5.62. The lowest BCUT2D eigenvalue weighted by Gasteiger charge is -2.26. The first kappa shape index (κ1) is 24.9. The quantitative estimate of drug-likeness (QED) is 0.344. The van der Waals surface area contributed by atoms with Crippen LogP contribution in [-0.2, 0) is 11.2 Å². The van der Waals surface area contributed by atoms with Crippen molar-refractivity contribution in [2.45, 2.75) is 57.2 Å². The fourth-order valence-corrected chi connectivity index (χ4v) is 5.61. The van der Waals surface area contributed by atoms with Gasteiger partial charge in [0.15, 0.2) is 11.5 Å². The first-order valence-electron chi connectivity index (χ1n) is 13.8. The molecule has 3 aliphatic heterocycles. The van der Waals surface area contributed by atoms with E-state index in [1.807, 2.05) is 30.5 Å². The molecule has 6 rings (SSSR count). The molecule has 2 atom stereocenters. The number of hydrogen-bond acceptors (Lipinski definition) is 9. The summed E-state index contributed by atoms with van der Waals surface area (Å²) in [6.45, 7) is 4.17. The van der Waals surface area contributed by atoms with Gasteiger partial charge in [-0.1, -0.05) is 6.42 Å². The van der Waals surface area contributed by atoms with Crippen LogP contribution in [0.15, 0.2) is 42.7 Å². The van der Waals surface area contributed by atoms with Gasteiger partial charge in [-0.2, -0.15) is 4.98 Å². The topological polar surface area (TPSA) is 93.7 Å². The average molecular weight is 517 g/mol. The van der Waals surface area contributed by atoms with Gasteiger partial charge in [-0.3, -0.25) is 4.98 Å². The Labute approximate surface area is 223 Å². The van der Waals surface area contributed by atoms with Crippen molar-refractivity contribution in [2.24, 2.45) is 0 Å². The monoisotopic (exact) mass is 516 g/mol. The van der Waals surface area contributed by atoms with Gasteiger partial charge < -0.3 is 29.7 Å². The third-order valence-electron chi connectivity index (χ3n) is 7.55. The molecule has 2 saturated heterocycles. The van der Waals surface area contributed by atoms with E-state index in [9.17, 15) is 0 Å². The van der Waals surface area contributed by atoms with E-state index in [1.54, 1.807) is 13.3 Å². The summed E-state index contributed by atoms with van der Waals surface area (Å²) in [4.78, 5) is 16.2. The van der Waals surface area contributed by atoms with Crippen molar-refractivity contribution in [1.29, 1.82) is 0 Å². The molecule has 3 aromatic rings. The van der Waals surface area contributed by atoms with E-state index >= 15 is 0 Å². The molecule has 9 heteroatoms. The second kappa shape index (κ2) is 11.5. The smallest absolute Gasteiger partial charge is 0.229 e. The van der Waals surface area contributed by atoms with E-state index in [4.69, 9.17) is 19.2 Å². The Kier molecular flexibility index (Phi) is 7.55. The van der Waals surface area contributed by atoms with Crippen molar-refractivity contribution in [2.75, 3.05) is 44.0 Å². The summed E-state index contributed by atoms with van der Waals surface area (Å²) in [6, 6.07) is 9.77. The van der Waals surface area contributed by atoms with Gasteiger partial charge in [-0.05, 0) is 69.5 Å². The molecular formula is C29H36N6O3. The van der Waals surface area contributed by atoms with Crippen LogP contribution in [-0.4, -0.2) is 59.3 Å². The first-order valence-corrected chi connectivity index (χ1v) is 13.8. The average Bonchev–Trinajstić information content (AvgIpc) is 3.34. The number of pyridine rings is 1. The van der Waals surface area contributed by atoms with Gasteiger partial charge in [0.05, 0.1) is 37.8 Å². The number of rotatable bonds is 10. The molecule has 2 fully saturated rings. The van der Waals surface area contributed by atoms with Crippen molar-refractivity contribution in [3.63, 3.8) is 0 Å². The maximum Gasteiger partial charge on any atom is 0.229 e. The summed E-state index contributed by atoms with van der Waals surface area (Å²) in [5, 5.41) is 6.64. The zero-order valence-electron chi connectivity index (χ0n) is 22.0. The highest BCUT2D eigenvalue weighted by Gasteiger charge is 2.34. The van der Waals surface area contributed by atoms with Crippen LogP contribution in [0.5, 0.6) is 11.5 Å². The van der Waals surface area contributed by atoms with Gasteiger partial charge in [0, 0.05) is 42.2 Å².